The van der Waals surface area contributed by atoms with E-state index in [1.807, 2.05) is 19.9 Å². The number of pyridine rings is 1. The zero-order valence-corrected chi connectivity index (χ0v) is 20.3. The normalized spacial score (nSPS) is 13.3. The van der Waals surface area contributed by atoms with Crippen molar-refractivity contribution in [2.24, 2.45) is 0 Å². The quantitative estimate of drug-likeness (QED) is 0.291. The third-order valence-electron chi connectivity index (χ3n) is 5.36. The summed E-state index contributed by atoms with van der Waals surface area (Å²) in [5.74, 6) is 0.386. The second kappa shape index (κ2) is 13.5. The first-order valence-corrected chi connectivity index (χ1v) is 11.8. The summed E-state index contributed by atoms with van der Waals surface area (Å²) in [7, 11) is 0. The van der Waals surface area contributed by atoms with Crippen LogP contribution in [0.25, 0.3) is 0 Å². The van der Waals surface area contributed by atoms with Crippen LogP contribution < -0.4 is 15.0 Å². The smallest absolute Gasteiger partial charge is 0.406 e. The van der Waals surface area contributed by atoms with Crippen LogP contribution in [0.15, 0.2) is 49.2 Å². The number of piperidine rings is 1. The number of ketones is 1. The number of hydrogen-bond acceptors (Lipinski definition) is 6. The highest BCUT2D eigenvalue weighted by Crippen LogP contribution is 2.32. The predicted octanol–water partition coefficient (Wildman–Crippen LogP) is 7.03. The van der Waals surface area contributed by atoms with E-state index in [-0.39, 0.29) is 11.5 Å². The zero-order valence-electron chi connectivity index (χ0n) is 20.3. The molecule has 2 N–H and O–H groups in total. The largest absolute Gasteiger partial charge is 0.573 e. The molecule has 1 aromatic heterocycles. The van der Waals surface area contributed by atoms with E-state index in [1.165, 1.54) is 36.8 Å². The number of carbonyl (C=O) groups excluding carboxylic acids is 1. The van der Waals surface area contributed by atoms with Crippen molar-refractivity contribution in [3.63, 3.8) is 0 Å². The fourth-order valence-electron chi connectivity index (χ4n) is 3.64. The lowest BCUT2D eigenvalue weighted by molar-refractivity contribution is -0.274. The zero-order chi connectivity index (χ0) is 25.8. The summed E-state index contributed by atoms with van der Waals surface area (Å²) in [5.41, 5.74) is 2.75. The van der Waals surface area contributed by atoms with Gasteiger partial charge in [-0.3, -0.25) is 4.79 Å². The van der Waals surface area contributed by atoms with Gasteiger partial charge in [0.2, 0.25) is 0 Å². The Morgan fingerprint density at radius 1 is 1.17 bits per heavy atom. The number of allylic oxidation sites excluding steroid dienone is 1. The summed E-state index contributed by atoms with van der Waals surface area (Å²) < 4.78 is 40.8. The minimum absolute atomic E-state index is 0.141. The molecule has 2 aromatic rings. The van der Waals surface area contributed by atoms with Gasteiger partial charge in [0, 0.05) is 37.1 Å². The van der Waals surface area contributed by atoms with Crippen molar-refractivity contribution in [2.75, 3.05) is 23.3 Å². The minimum atomic E-state index is -4.72. The molecule has 9 heteroatoms. The van der Waals surface area contributed by atoms with Gasteiger partial charge in [0.15, 0.2) is 5.78 Å². The Morgan fingerprint density at radius 2 is 1.83 bits per heavy atom. The first kappa shape index (κ1) is 27.9. The summed E-state index contributed by atoms with van der Waals surface area (Å²) in [5, 5.41) is 11.6. The Labute approximate surface area is 204 Å². The second-order valence-electron chi connectivity index (χ2n) is 8.05. The summed E-state index contributed by atoms with van der Waals surface area (Å²) >= 11 is 0. The van der Waals surface area contributed by atoms with E-state index in [2.05, 4.69) is 26.5 Å². The lowest BCUT2D eigenvalue weighted by atomic mass is 10.0. The highest BCUT2D eigenvalue weighted by molar-refractivity contribution is 6.07. The van der Waals surface area contributed by atoms with E-state index >= 15 is 0 Å². The molecule has 1 aromatic carbocycles. The van der Waals surface area contributed by atoms with Crippen molar-refractivity contribution in [3.05, 3.63) is 54.7 Å². The minimum Gasteiger partial charge on any atom is -0.406 e. The molecule has 0 atom stereocenters. The van der Waals surface area contributed by atoms with Gasteiger partial charge in [0.05, 0.1) is 11.3 Å². The topological polar surface area (TPSA) is 78.3 Å². The number of carbonyl (C=O) groups is 1. The molecule has 0 aliphatic carbocycles. The molecule has 0 saturated carbocycles. The molecular weight excluding hydrogens is 457 g/mol. The van der Waals surface area contributed by atoms with Crippen LogP contribution in [0.5, 0.6) is 5.75 Å². The van der Waals surface area contributed by atoms with Crippen molar-refractivity contribution in [1.82, 2.24) is 4.98 Å². The third kappa shape index (κ3) is 9.07. The van der Waals surface area contributed by atoms with E-state index in [9.17, 15) is 18.0 Å². The van der Waals surface area contributed by atoms with E-state index in [0.717, 1.165) is 43.6 Å². The maximum absolute atomic E-state index is 12.3. The van der Waals surface area contributed by atoms with Crippen molar-refractivity contribution in [1.29, 1.82) is 5.41 Å². The monoisotopic (exact) mass is 490 g/mol. The molecule has 1 aliphatic heterocycles. The van der Waals surface area contributed by atoms with Gasteiger partial charge in [-0.25, -0.2) is 4.98 Å². The standard InChI is InChI=1S/C20H23F3N4O.C6H10O/c1-2-16(24)18-17(27-12-4-3-5-13-27)10-11-25-19(18)26-14-6-8-15(9-7-14)28-20(21,22)23;1-3-5-6(7)4-2/h6-11,24H,2-5,12-13H2,1H3,(H,25,26);4H,2-3,5H2,1H3. The Hall–Kier alpha value is -3.36. The van der Waals surface area contributed by atoms with Crippen LogP contribution in [0, 0.1) is 5.41 Å². The van der Waals surface area contributed by atoms with Crippen LogP contribution >= 0.6 is 0 Å². The maximum atomic E-state index is 12.3. The van der Waals surface area contributed by atoms with Crippen LogP contribution in [0.2, 0.25) is 0 Å². The van der Waals surface area contributed by atoms with Gasteiger partial charge in [-0.1, -0.05) is 20.4 Å². The van der Waals surface area contributed by atoms with Crippen LogP contribution in [0.3, 0.4) is 0 Å². The van der Waals surface area contributed by atoms with Gasteiger partial charge in [0.25, 0.3) is 0 Å². The SMILES string of the molecule is C=CC(=O)CCC.CCC(=N)c1c(N2CCCCC2)ccnc1Nc1ccc(OC(F)(F)F)cc1. The molecule has 35 heavy (non-hydrogen) atoms. The number of ether oxygens (including phenoxy) is 1. The third-order valence-corrected chi connectivity index (χ3v) is 5.36. The Kier molecular flexibility index (Phi) is 10.8. The van der Waals surface area contributed by atoms with Crippen LogP contribution in [-0.2, 0) is 4.79 Å². The van der Waals surface area contributed by atoms with E-state index < -0.39 is 6.36 Å². The summed E-state index contributed by atoms with van der Waals surface area (Å²) in [4.78, 5) is 17.0. The summed E-state index contributed by atoms with van der Waals surface area (Å²) in [6.45, 7) is 9.11. The highest BCUT2D eigenvalue weighted by atomic mass is 19.4. The molecule has 0 unspecified atom stereocenters. The number of aromatic nitrogens is 1. The number of alkyl halides is 3. The Bertz CT molecular complexity index is 985. The molecule has 0 amide bonds. The van der Waals surface area contributed by atoms with Crippen molar-refractivity contribution >= 4 is 28.7 Å². The van der Waals surface area contributed by atoms with Crippen LogP contribution in [0.1, 0.15) is 57.9 Å². The average molecular weight is 491 g/mol. The Balaban J connectivity index is 0.000000540. The number of halogens is 3. The maximum Gasteiger partial charge on any atom is 0.573 e. The van der Waals surface area contributed by atoms with E-state index in [0.29, 0.717) is 30.1 Å². The van der Waals surface area contributed by atoms with E-state index in [4.69, 9.17) is 5.41 Å². The molecule has 3 rings (SSSR count). The molecule has 0 spiro atoms. The Morgan fingerprint density at radius 3 is 2.34 bits per heavy atom. The van der Waals surface area contributed by atoms with Gasteiger partial charge >= 0.3 is 6.36 Å². The average Bonchev–Trinajstić information content (AvgIpc) is 2.85. The molecule has 1 fully saturated rings. The molecule has 190 valence electrons. The molecule has 0 bridgehead atoms. The molecule has 1 saturated heterocycles. The van der Waals surface area contributed by atoms with E-state index in [1.54, 1.807) is 6.20 Å². The number of anilines is 3. The van der Waals surface area contributed by atoms with Gasteiger partial charge in [-0.05, 0) is 68.5 Å². The number of hydrogen-bond donors (Lipinski definition) is 2. The molecule has 2 heterocycles. The highest BCUT2D eigenvalue weighted by Gasteiger charge is 2.31. The molecule has 1 aliphatic rings. The number of nitrogens with one attached hydrogen (secondary N) is 2. The fraction of sp³-hybridized carbons (Fsp3) is 0.423. The lowest BCUT2D eigenvalue weighted by Crippen LogP contribution is -2.31. The molecular formula is C26H33F3N4O2. The van der Waals surface area contributed by atoms with Crippen molar-refractivity contribution in [2.45, 2.75) is 58.7 Å². The van der Waals surface area contributed by atoms with Crippen molar-refractivity contribution < 1.29 is 22.7 Å². The van der Waals surface area contributed by atoms with Gasteiger partial charge in [-0.15, -0.1) is 13.2 Å². The van der Waals surface area contributed by atoms with Crippen LogP contribution in [-0.4, -0.2) is 35.9 Å². The first-order valence-electron chi connectivity index (χ1n) is 11.8. The van der Waals surface area contributed by atoms with Gasteiger partial charge in [-0.2, -0.15) is 0 Å². The van der Waals surface area contributed by atoms with Crippen LogP contribution in [0.4, 0.5) is 30.4 Å². The fourth-order valence-corrected chi connectivity index (χ4v) is 3.64. The number of rotatable bonds is 9. The van der Waals surface area contributed by atoms with Crippen molar-refractivity contribution in [3.8, 4) is 5.75 Å². The van der Waals surface area contributed by atoms with Gasteiger partial charge in [0.1, 0.15) is 11.6 Å². The molecule has 0 radical (unpaired) electrons. The summed E-state index contributed by atoms with van der Waals surface area (Å²) in [6.07, 6.45) is 3.90. The second-order valence-corrected chi connectivity index (χ2v) is 8.05. The molecule has 6 nitrogen and oxygen atoms in total. The van der Waals surface area contributed by atoms with Gasteiger partial charge < -0.3 is 20.4 Å². The predicted molar refractivity (Wildman–Crippen MR) is 134 cm³/mol. The first-order chi connectivity index (χ1) is 16.7. The number of benzene rings is 1. The number of nitrogens with zero attached hydrogens (tertiary/aromatic N) is 2. The lowest BCUT2D eigenvalue weighted by Gasteiger charge is -2.31. The summed E-state index contributed by atoms with van der Waals surface area (Å²) in [6, 6.07) is 7.41.